The van der Waals surface area contributed by atoms with Crippen LogP contribution < -0.4 is 5.32 Å². The van der Waals surface area contributed by atoms with Gasteiger partial charge in [0, 0.05) is 23.2 Å². The molecule has 1 fully saturated rings. The molecule has 0 aliphatic heterocycles. The number of benzene rings is 1. The molecule has 0 radical (unpaired) electrons. The van der Waals surface area contributed by atoms with Gasteiger partial charge in [0.15, 0.2) is 5.13 Å². The lowest BCUT2D eigenvalue weighted by molar-refractivity contribution is 0.881. The van der Waals surface area contributed by atoms with E-state index >= 15 is 0 Å². The maximum atomic E-state index is 4.62. The third kappa shape index (κ3) is 2.32. The van der Waals surface area contributed by atoms with Crippen LogP contribution in [-0.4, -0.2) is 20.8 Å². The highest BCUT2D eigenvalue weighted by Gasteiger charge is 2.22. The minimum atomic E-state index is 0.640. The monoisotopic (exact) mass is 282 g/mol. The van der Waals surface area contributed by atoms with Crippen LogP contribution in [0.1, 0.15) is 12.8 Å². The van der Waals surface area contributed by atoms with Crippen LogP contribution in [0, 0.1) is 0 Å². The summed E-state index contributed by atoms with van der Waals surface area (Å²) in [6, 6.07) is 10.7. The van der Waals surface area contributed by atoms with E-state index in [1.807, 2.05) is 47.4 Å². The van der Waals surface area contributed by atoms with Crippen molar-refractivity contribution in [1.29, 1.82) is 0 Å². The summed E-state index contributed by atoms with van der Waals surface area (Å²) in [7, 11) is 0. The van der Waals surface area contributed by atoms with Crippen molar-refractivity contribution < 1.29 is 0 Å². The fourth-order valence-electron chi connectivity index (χ4n) is 2.05. The van der Waals surface area contributed by atoms with Crippen molar-refractivity contribution in [2.24, 2.45) is 0 Å². The number of para-hydroxylation sites is 1. The molecule has 0 atom stereocenters. The first-order valence-electron chi connectivity index (χ1n) is 6.71. The molecule has 1 aromatic carbocycles. The van der Waals surface area contributed by atoms with Gasteiger partial charge in [0.2, 0.25) is 0 Å². The van der Waals surface area contributed by atoms with E-state index in [1.54, 1.807) is 11.3 Å². The van der Waals surface area contributed by atoms with Crippen LogP contribution in [0.4, 0.5) is 5.13 Å². The SMILES string of the molecule is c1ccc(-n2cc(-c3csc(NC4CC4)n3)cn2)cc1. The summed E-state index contributed by atoms with van der Waals surface area (Å²) in [6.07, 6.45) is 6.41. The molecule has 2 heterocycles. The van der Waals surface area contributed by atoms with Gasteiger partial charge in [-0.1, -0.05) is 18.2 Å². The minimum Gasteiger partial charge on any atom is -0.359 e. The average Bonchev–Trinajstić information content (AvgIpc) is 2.99. The molecule has 1 aliphatic carbocycles. The Morgan fingerprint density at radius 1 is 1.20 bits per heavy atom. The summed E-state index contributed by atoms with van der Waals surface area (Å²) in [5.41, 5.74) is 3.10. The van der Waals surface area contributed by atoms with Crippen LogP contribution in [0.3, 0.4) is 0 Å². The number of thiazole rings is 1. The summed E-state index contributed by atoms with van der Waals surface area (Å²) in [5, 5.41) is 10.9. The van der Waals surface area contributed by atoms with Gasteiger partial charge in [-0.05, 0) is 25.0 Å². The maximum absolute atomic E-state index is 4.62. The molecule has 4 rings (SSSR count). The zero-order valence-corrected chi connectivity index (χ0v) is 11.7. The number of aromatic nitrogens is 3. The Labute approximate surface area is 121 Å². The smallest absolute Gasteiger partial charge is 0.183 e. The van der Waals surface area contributed by atoms with E-state index in [9.17, 15) is 0 Å². The maximum Gasteiger partial charge on any atom is 0.183 e. The van der Waals surface area contributed by atoms with Crippen molar-refractivity contribution in [1.82, 2.24) is 14.8 Å². The lowest BCUT2D eigenvalue weighted by atomic mass is 10.3. The van der Waals surface area contributed by atoms with Gasteiger partial charge < -0.3 is 5.32 Å². The van der Waals surface area contributed by atoms with Crippen LogP contribution in [-0.2, 0) is 0 Å². The van der Waals surface area contributed by atoms with Crippen molar-refractivity contribution in [3.8, 4) is 16.9 Å². The highest BCUT2D eigenvalue weighted by atomic mass is 32.1. The van der Waals surface area contributed by atoms with E-state index in [2.05, 4.69) is 20.8 Å². The van der Waals surface area contributed by atoms with Crippen LogP contribution in [0.25, 0.3) is 16.9 Å². The highest BCUT2D eigenvalue weighted by molar-refractivity contribution is 7.14. The Morgan fingerprint density at radius 3 is 2.85 bits per heavy atom. The molecule has 2 aromatic heterocycles. The van der Waals surface area contributed by atoms with E-state index in [1.165, 1.54) is 12.8 Å². The largest absolute Gasteiger partial charge is 0.359 e. The Morgan fingerprint density at radius 2 is 2.05 bits per heavy atom. The third-order valence-corrected chi connectivity index (χ3v) is 4.08. The first-order valence-corrected chi connectivity index (χ1v) is 7.59. The van der Waals surface area contributed by atoms with Crippen LogP contribution in [0.5, 0.6) is 0 Å². The molecule has 0 saturated heterocycles. The van der Waals surface area contributed by atoms with Crippen molar-refractivity contribution >= 4 is 16.5 Å². The van der Waals surface area contributed by atoms with Crippen LogP contribution in [0.15, 0.2) is 48.1 Å². The number of hydrogen-bond donors (Lipinski definition) is 1. The van der Waals surface area contributed by atoms with Gasteiger partial charge in [-0.2, -0.15) is 5.10 Å². The molecule has 3 aromatic rings. The Kier molecular flexibility index (Phi) is 2.77. The molecule has 4 nitrogen and oxygen atoms in total. The molecular weight excluding hydrogens is 268 g/mol. The zero-order chi connectivity index (χ0) is 13.4. The molecule has 5 heteroatoms. The van der Waals surface area contributed by atoms with Gasteiger partial charge in [0.25, 0.3) is 0 Å². The second-order valence-corrected chi connectivity index (χ2v) is 5.82. The van der Waals surface area contributed by atoms with E-state index < -0.39 is 0 Å². The summed E-state index contributed by atoms with van der Waals surface area (Å²) >= 11 is 1.66. The average molecular weight is 282 g/mol. The van der Waals surface area contributed by atoms with E-state index in [0.717, 1.165) is 22.1 Å². The van der Waals surface area contributed by atoms with E-state index in [0.29, 0.717) is 6.04 Å². The summed E-state index contributed by atoms with van der Waals surface area (Å²) in [5.74, 6) is 0. The quantitative estimate of drug-likeness (QED) is 0.795. The Hall–Kier alpha value is -2.14. The number of anilines is 1. The van der Waals surface area contributed by atoms with Crippen molar-refractivity contribution in [2.75, 3.05) is 5.32 Å². The normalized spacial score (nSPS) is 14.4. The molecule has 20 heavy (non-hydrogen) atoms. The lowest BCUT2D eigenvalue weighted by Gasteiger charge is -1.98. The van der Waals surface area contributed by atoms with Gasteiger partial charge in [0.1, 0.15) is 0 Å². The second-order valence-electron chi connectivity index (χ2n) is 4.97. The van der Waals surface area contributed by atoms with E-state index in [-0.39, 0.29) is 0 Å². The summed E-state index contributed by atoms with van der Waals surface area (Å²) in [4.78, 5) is 4.62. The fraction of sp³-hybridized carbons (Fsp3) is 0.200. The molecule has 0 spiro atoms. The molecular formula is C15H14N4S. The predicted octanol–water partition coefficient (Wildman–Crippen LogP) is 3.57. The third-order valence-electron chi connectivity index (χ3n) is 3.31. The zero-order valence-electron chi connectivity index (χ0n) is 10.9. The molecule has 100 valence electrons. The van der Waals surface area contributed by atoms with Crippen molar-refractivity contribution in [2.45, 2.75) is 18.9 Å². The number of nitrogens with one attached hydrogen (secondary N) is 1. The number of nitrogens with zero attached hydrogens (tertiary/aromatic N) is 3. The van der Waals surface area contributed by atoms with E-state index in [4.69, 9.17) is 0 Å². The molecule has 1 N–H and O–H groups in total. The topological polar surface area (TPSA) is 42.7 Å². The van der Waals surface area contributed by atoms with Crippen molar-refractivity contribution in [3.63, 3.8) is 0 Å². The lowest BCUT2D eigenvalue weighted by Crippen LogP contribution is -1.99. The van der Waals surface area contributed by atoms with Crippen LogP contribution >= 0.6 is 11.3 Å². The van der Waals surface area contributed by atoms with Gasteiger partial charge in [-0.3, -0.25) is 0 Å². The first kappa shape index (κ1) is 11.7. The fourth-order valence-corrected chi connectivity index (χ4v) is 2.85. The van der Waals surface area contributed by atoms with Crippen molar-refractivity contribution in [3.05, 3.63) is 48.1 Å². The molecule has 0 unspecified atom stereocenters. The highest BCUT2D eigenvalue weighted by Crippen LogP contribution is 2.29. The van der Waals surface area contributed by atoms with Gasteiger partial charge in [-0.15, -0.1) is 11.3 Å². The summed E-state index contributed by atoms with van der Waals surface area (Å²) < 4.78 is 1.88. The second kappa shape index (κ2) is 4.76. The molecule has 1 aliphatic rings. The minimum absolute atomic E-state index is 0.640. The van der Waals surface area contributed by atoms with Gasteiger partial charge in [0.05, 0.1) is 17.6 Å². The standard InChI is InChI=1S/C15H14N4S/c1-2-4-13(5-3-1)19-9-11(8-16-19)14-10-20-15(18-14)17-12-6-7-12/h1-5,8-10,12H,6-7H2,(H,17,18). The number of hydrogen-bond acceptors (Lipinski definition) is 4. The van der Waals surface area contributed by atoms with Crippen LogP contribution in [0.2, 0.25) is 0 Å². The number of rotatable bonds is 4. The molecule has 0 bridgehead atoms. The summed E-state index contributed by atoms with van der Waals surface area (Å²) in [6.45, 7) is 0. The predicted molar refractivity (Wildman–Crippen MR) is 81.3 cm³/mol. The van der Waals surface area contributed by atoms with Gasteiger partial charge in [-0.25, -0.2) is 9.67 Å². The Balaban J connectivity index is 1.59. The first-order chi connectivity index (χ1) is 9.88. The Bertz CT molecular complexity index is 712. The molecule has 0 amide bonds. The van der Waals surface area contributed by atoms with Gasteiger partial charge >= 0.3 is 0 Å². The molecule has 1 saturated carbocycles.